The van der Waals surface area contributed by atoms with Crippen LogP contribution in [0.5, 0.6) is 0 Å². The quantitative estimate of drug-likeness (QED) is 0.917. The number of benzene rings is 2. The van der Waals surface area contributed by atoms with Gasteiger partial charge >= 0.3 is 5.97 Å². The Morgan fingerprint density at radius 3 is 2.52 bits per heavy atom. The van der Waals surface area contributed by atoms with Crippen molar-refractivity contribution in [2.24, 2.45) is 0 Å². The molecule has 1 amide bonds. The number of carboxylic acid groups (broad SMARTS) is 1. The summed E-state index contributed by atoms with van der Waals surface area (Å²) in [5, 5.41) is 11.1. The largest absolute Gasteiger partial charge is 0.480 e. The molecule has 0 unspecified atom stereocenters. The van der Waals surface area contributed by atoms with Crippen LogP contribution in [0.2, 0.25) is 0 Å². The maximum atomic E-state index is 12.4. The normalized spacial score (nSPS) is 14.1. The first-order valence-electron chi connectivity index (χ1n) is 7.13. The van der Waals surface area contributed by atoms with Gasteiger partial charge in [-0.1, -0.05) is 42.5 Å². The summed E-state index contributed by atoms with van der Waals surface area (Å²) in [6.07, 6.45) is 2.08. The summed E-state index contributed by atoms with van der Waals surface area (Å²) in [5.74, 6) is -1.05. The fourth-order valence-electron chi connectivity index (χ4n) is 2.66. The lowest BCUT2D eigenvalue weighted by Crippen LogP contribution is -2.38. The van der Waals surface area contributed by atoms with Gasteiger partial charge in [0.15, 0.2) is 0 Å². The van der Waals surface area contributed by atoms with Crippen molar-refractivity contribution in [3.05, 3.63) is 48.0 Å². The molecule has 0 radical (unpaired) electrons. The highest BCUT2D eigenvalue weighted by Gasteiger charge is 2.33. The molecule has 1 aliphatic carbocycles. The Labute approximate surface area is 123 Å². The average molecular weight is 283 g/mol. The predicted molar refractivity (Wildman–Crippen MR) is 80.0 cm³/mol. The molecular weight excluding hydrogens is 266 g/mol. The van der Waals surface area contributed by atoms with E-state index in [1.807, 2.05) is 42.5 Å². The maximum absolute atomic E-state index is 12.4. The van der Waals surface area contributed by atoms with Gasteiger partial charge in [0.05, 0.1) is 6.42 Å². The molecule has 1 fully saturated rings. The first-order chi connectivity index (χ1) is 10.1. The Hall–Kier alpha value is -2.36. The van der Waals surface area contributed by atoms with Crippen LogP contribution in [0.1, 0.15) is 18.4 Å². The van der Waals surface area contributed by atoms with Crippen molar-refractivity contribution in [1.29, 1.82) is 0 Å². The van der Waals surface area contributed by atoms with E-state index < -0.39 is 5.97 Å². The maximum Gasteiger partial charge on any atom is 0.323 e. The van der Waals surface area contributed by atoms with E-state index in [1.165, 1.54) is 4.90 Å². The van der Waals surface area contributed by atoms with E-state index in [4.69, 9.17) is 5.11 Å². The molecule has 0 heterocycles. The van der Waals surface area contributed by atoms with Crippen molar-refractivity contribution in [1.82, 2.24) is 4.90 Å². The second-order valence-corrected chi connectivity index (χ2v) is 5.46. The summed E-state index contributed by atoms with van der Waals surface area (Å²) in [6, 6.07) is 13.9. The van der Waals surface area contributed by atoms with Gasteiger partial charge in [0.2, 0.25) is 5.91 Å². The first-order valence-corrected chi connectivity index (χ1v) is 7.13. The molecule has 4 heteroatoms. The van der Waals surface area contributed by atoms with Gasteiger partial charge in [-0.2, -0.15) is 0 Å². The number of hydrogen-bond acceptors (Lipinski definition) is 2. The topological polar surface area (TPSA) is 57.6 Å². The van der Waals surface area contributed by atoms with Crippen molar-refractivity contribution < 1.29 is 14.7 Å². The molecule has 1 aliphatic rings. The smallest absolute Gasteiger partial charge is 0.323 e. The third-order valence-corrected chi connectivity index (χ3v) is 3.84. The van der Waals surface area contributed by atoms with Crippen LogP contribution in [0, 0.1) is 0 Å². The summed E-state index contributed by atoms with van der Waals surface area (Å²) in [4.78, 5) is 24.9. The molecule has 2 aromatic rings. The van der Waals surface area contributed by atoms with E-state index in [2.05, 4.69) is 0 Å². The minimum Gasteiger partial charge on any atom is -0.480 e. The van der Waals surface area contributed by atoms with Crippen LogP contribution in [0.25, 0.3) is 10.8 Å². The third-order valence-electron chi connectivity index (χ3n) is 3.84. The minimum absolute atomic E-state index is 0.101. The zero-order valence-electron chi connectivity index (χ0n) is 11.7. The SMILES string of the molecule is O=C(O)CN(C(=O)Cc1cccc2ccccc12)C1CC1. The van der Waals surface area contributed by atoms with Gasteiger partial charge in [0.25, 0.3) is 0 Å². The van der Waals surface area contributed by atoms with Gasteiger partial charge in [-0.3, -0.25) is 9.59 Å². The van der Waals surface area contributed by atoms with Crippen LogP contribution in [0.4, 0.5) is 0 Å². The number of hydrogen-bond donors (Lipinski definition) is 1. The van der Waals surface area contributed by atoms with Gasteiger partial charge in [-0.15, -0.1) is 0 Å². The summed E-state index contributed by atoms with van der Waals surface area (Å²) < 4.78 is 0. The minimum atomic E-state index is -0.951. The highest BCUT2D eigenvalue weighted by molar-refractivity contribution is 5.91. The van der Waals surface area contributed by atoms with Crippen LogP contribution < -0.4 is 0 Å². The lowest BCUT2D eigenvalue weighted by Gasteiger charge is -2.20. The zero-order chi connectivity index (χ0) is 14.8. The molecule has 0 aliphatic heterocycles. The van der Waals surface area contributed by atoms with Crippen molar-refractivity contribution in [2.75, 3.05) is 6.54 Å². The van der Waals surface area contributed by atoms with Gasteiger partial charge < -0.3 is 10.0 Å². The molecule has 0 saturated heterocycles. The molecule has 21 heavy (non-hydrogen) atoms. The second-order valence-electron chi connectivity index (χ2n) is 5.46. The van der Waals surface area contributed by atoms with Crippen LogP contribution in [-0.4, -0.2) is 34.5 Å². The summed E-state index contributed by atoms with van der Waals surface area (Å²) in [5.41, 5.74) is 0.953. The number of rotatable bonds is 5. The lowest BCUT2D eigenvalue weighted by molar-refractivity contribution is -0.144. The Morgan fingerprint density at radius 2 is 1.81 bits per heavy atom. The van der Waals surface area contributed by atoms with E-state index in [0.717, 1.165) is 29.2 Å². The van der Waals surface area contributed by atoms with Crippen molar-refractivity contribution in [3.8, 4) is 0 Å². The molecule has 3 rings (SSSR count). The van der Waals surface area contributed by atoms with Gasteiger partial charge in [-0.05, 0) is 29.2 Å². The highest BCUT2D eigenvalue weighted by atomic mass is 16.4. The van der Waals surface area contributed by atoms with Crippen LogP contribution in [-0.2, 0) is 16.0 Å². The number of carbonyl (C=O) groups is 2. The number of carbonyl (C=O) groups excluding carboxylic acids is 1. The molecule has 0 atom stereocenters. The Morgan fingerprint density at radius 1 is 1.10 bits per heavy atom. The van der Waals surface area contributed by atoms with Crippen LogP contribution >= 0.6 is 0 Å². The highest BCUT2D eigenvalue weighted by Crippen LogP contribution is 2.28. The summed E-state index contributed by atoms with van der Waals surface area (Å²) >= 11 is 0. The van der Waals surface area contributed by atoms with E-state index in [-0.39, 0.29) is 24.9 Å². The Kier molecular flexibility index (Phi) is 3.60. The number of carboxylic acids is 1. The predicted octanol–water partition coefficient (Wildman–Crippen LogP) is 2.46. The fraction of sp³-hybridized carbons (Fsp3) is 0.294. The number of fused-ring (bicyclic) bond motifs is 1. The number of nitrogens with zero attached hydrogens (tertiary/aromatic N) is 1. The van der Waals surface area contributed by atoms with Crippen LogP contribution in [0.3, 0.4) is 0 Å². The second kappa shape index (κ2) is 5.56. The van der Waals surface area contributed by atoms with E-state index in [1.54, 1.807) is 0 Å². The fourth-order valence-corrected chi connectivity index (χ4v) is 2.66. The Balaban J connectivity index is 1.83. The van der Waals surface area contributed by atoms with Crippen molar-refractivity contribution in [3.63, 3.8) is 0 Å². The average Bonchev–Trinajstić information content (AvgIpc) is 3.29. The van der Waals surface area contributed by atoms with Crippen LogP contribution in [0.15, 0.2) is 42.5 Å². The van der Waals surface area contributed by atoms with Crippen molar-refractivity contribution in [2.45, 2.75) is 25.3 Å². The monoisotopic (exact) mass is 283 g/mol. The van der Waals surface area contributed by atoms with E-state index >= 15 is 0 Å². The molecule has 4 nitrogen and oxygen atoms in total. The zero-order valence-corrected chi connectivity index (χ0v) is 11.7. The summed E-state index contributed by atoms with van der Waals surface area (Å²) in [6.45, 7) is -0.200. The standard InChI is InChI=1S/C17H17NO3/c19-16(18(11-17(20)21)14-8-9-14)10-13-6-3-5-12-4-1-2-7-15(12)13/h1-7,14H,8-11H2,(H,20,21). The lowest BCUT2D eigenvalue weighted by atomic mass is 10.0. The molecule has 0 aromatic heterocycles. The van der Waals surface area contributed by atoms with E-state index in [9.17, 15) is 9.59 Å². The van der Waals surface area contributed by atoms with Crippen molar-refractivity contribution >= 4 is 22.6 Å². The molecule has 1 saturated carbocycles. The number of amides is 1. The van der Waals surface area contributed by atoms with Gasteiger partial charge in [-0.25, -0.2) is 0 Å². The van der Waals surface area contributed by atoms with E-state index in [0.29, 0.717) is 0 Å². The summed E-state index contributed by atoms with van der Waals surface area (Å²) in [7, 11) is 0. The Bertz CT molecular complexity index is 686. The molecule has 2 aromatic carbocycles. The first kappa shape index (κ1) is 13.6. The third kappa shape index (κ3) is 3.05. The molecular formula is C17H17NO3. The van der Waals surface area contributed by atoms with Gasteiger partial charge in [0.1, 0.15) is 6.54 Å². The van der Waals surface area contributed by atoms with Gasteiger partial charge in [0, 0.05) is 6.04 Å². The molecule has 108 valence electrons. The molecule has 1 N–H and O–H groups in total. The molecule has 0 bridgehead atoms. The number of aliphatic carboxylic acids is 1. The molecule has 0 spiro atoms.